The molecule has 3 heteroatoms. The van der Waals surface area contributed by atoms with Crippen LogP contribution in [-0.4, -0.2) is 0 Å². The molecule has 0 bridgehead atoms. The maximum absolute atomic E-state index is 6.22. The van der Waals surface area contributed by atoms with Gasteiger partial charge in [-0.2, -0.15) is 0 Å². The summed E-state index contributed by atoms with van der Waals surface area (Å²) in [5.74, 6) is 0. The number of rotatable bonds is 3. The van der Waals surface area contributed by atoms with E-state index in [0.29, 0.717) is 12.1 Å². The first-order valence-corrected chi connectivity index (χ1v) is 7.63. The van der Waals surface area contributed by atoms with Crippen LogP contribution in [0.5, 0.6) is 0 Å². The summed E-state index contributed by atoms with van der Waals surface area (Å²) in [6.45, 7) is 4.39. The summed E-state index contributed by atoms with van der Waals surface area (Å²) < 4.78 is 0. The van der Waals surface area contributed by atoms with Crippen LogP contribution in [0.2, 0.25) is 0 Å². The highest BCUT2D eigenvalue weighted by atomic mass is 32.1. The highest BCUT2D eigenvalue weighted by molar-refractivity contribution is 7.12. The zero-order valence-corrected chi connectivity index (χ0v) is 12.2. The van der Waals surface area contributed by atoms with Gasteiger partial charge in [0.25, 0.3) is 0 Å². The Morgan fingerprint density at radius 2 is 1.95 bits per heavy atom. The molecule has 1 aromatic carbocycles. The SMILES string of the molecule is Cc1ccc(C(C)NC2CC(N)c3ccccc32)s1. The second kappa shape index (κ2) is 5.08. The number of hydrogen-bond donors (Lipinski definition) is 2. The molecule has 1 aliphatic rings. The largest absolute Gasteiger partial charge is 0.324 e. The van der Waals surface area contributed by atoms with Gasteiger partial charge in [0, 0.05) is 27.9 Å². The van der Waals surface area contributed by atoms with Crippen LogP contribution >= 0.6 is 11.3 Å². The summed E-state index contributed by atoms with van der Waals surface area (Å²) in [5, 5.41) is 3.73. The second-order valence-corrected chi connectivity index (χ2v) is 6.68. The van der Waals surface area contributed by atoms with E-state index in [-0.39, 0.29) is 6.04 Å². The predicted molar refractivity (Wildman–Crippen MR) is 81.3 cm³/mol. The molecule has 19 heavy (non-hydrogen) atoms. The highest BCUT2D eigenvalue weighted by Crippen LogP contribution is 2.38. The Balaban J connectivity index is 1.78. The third-order valence-electron chi connectivity index (χ3n) is 3.90. The number of fused-ring (bicyclic) bond motifs is 1. The molecule has 0 saturated carbocycles. The average molecular weight is 272 g/mol. The Hall–Kier alpha value is -1.16. The fraction of sp³-hybridized carbons (Fsp3) is 0.375. The van der Waals surface area contributed by atoms with E-state index in [1.54, 1.807) is 0 Å². The van der Waals surface area contributed by atoms with Gasteiger partial charge in [0.05, 0.1) is 0 Å². The molecule has 3 atom stereocenters. The molecular weight excluding hydrogens is 252 g/mol. The van der Waals surface area contributed by atoms with E-state index in [0.717, 1.165) is 6.42 Å². The molecule has 3 rings (SSSR count). The Kier molecular flexibility index (Phi) is 3.44. The third kappa shape index (κ3) is 2.46. The van der Waals surface area contributed by atoms with Crippen molar-refractivity contribution in [3.8, 4) is 0 Å². The number of hydrogen-bond acceptors (Lipinski definition) is 3. The number of benzene rings is 1. The summed E-state index contributed by atoms with van der Waals surface area (Å²) in [7, 11) is 0. The zero-order valence-electron chi connectivity index (χ0n) is 11.4. The monoisotopic (exact) mass is 272 g/mol. The van der Waals surface area contributed by atoms with Gasteiger partial charge >= 0.3 is 0 Å². The molecule has 2 nitrogen and oxygen atoms in total. The Bertz CT molecular complexity index is 576. The number of nitrogens with two attached hydrogens (primary N) is 1. The first kappa shape index (κ1) is 12.9. The first-order chi connectivity index (χ1) is 9.15. The lowest BCUT2D eigenvalue weighted by Crippen LogP contribution is -2.23. The standard InChI is InChI=1S/C16H20N2S/c1-10-7-8-16(19-10)11(2)18-15-9-14(17)12-5-3-4-6-13(12)15/h3-8,11,14-15,18H,9,17H2,1-2H3. The summed E-state index contributed by atoms with van der Waals surface area (Å²) in [4.78, 5) is 2.77. The van der Waals surface area contributed by atoms with Crippen molar-refractivity contribution in [1.82, 2.24) is 5.32 Å². The molecule has 0 saturated heterocycles. The fourth-order valence-corrected chi connectivity index (χ4v) is 3.79. The lowest BCUT2D eigenvalue weighted by atomic mass is 10.1. The molecular formula is C16H20N2S. The third-order valence-corrected chi connectivity index (χ3v) is 5.08. The average Bonchev–Trinajstić information content (AvgIpc) is 2.96. The predicted octanol–water partition coefficient (Wildman–Crippen LogP) is 3.85. The maximum Gasteiger partial charge on any atom is 0.0391 e. The van der Waals surface area contributed by atoms with Crippen LogP contribution in [0.3, 0.4) is 0 Å². The van der Waals surface area contributed by atoms with Crippen molar-refractivity contribution in [1.29, 1.82) is 0 Å². The first-order valence-electron chi connectivity index (χ1n) is 6.82. The van der Waals surface area contributed by atoms with E-state index in [4.69, 9.17) is 5.73 Å². The van der Waals surface area contributed by atoms with Gasteiger partial charge in [-0.15, -0.1) is 11.3 Å². The van der Waals surface area contributed by atoms with Crippen LogP contribution < -0.4 is 11.1 Å². The van der Waals surface area contributed by atoms with E-state index < -0.39 is 0 Å². The van der Waals surface area contributed by atoms with Gasteiger partial charge in [0.1, 0.15) is 0 Å². The molecule has 2 aromatic rings. The van der Waals surface area contributed by atoms with Gasteiger partial charge in [-0.05, 0) is 43.5 Å². The van der Waals surface area contributed by atoms with Gasteiger partial charge in [-0.1, -0.05) is 24.3 Å². The van der Waals surface area contributed by atoms with E-state index in [2.05, 4.69) is 55.6 Å². The Morgan fingerprint density at radius 3 is 2.63 bits per heavy atom. The topological polar surface area (TPSA) is 38.0 Å². The molecule has 1 aliphatic carbocycles. The molecule has 3 unspecified atom stereocenters. The van der Waals surface area contributed by atoms with Crippen LogP contribution in [0.4, 0.5) is 0 Å². The van der Waals surface area contributed by atoms with Crippen LogP contribution in [0.25, 0.3) is 0 Å². The molecule has 100 valence electrons. The molecule has 0 spiro atoms. The molecule has 0 amide bonds. The summed E-state index contributed by atoms with van der Waals surface area (Å²) in [5.41, 5.74) is 8.89. The molecule has 0 radical (unpaired) electrons. The molecule has 1 heterocycles. The minimum absolute atomic E-state index is 0.172. The fourth-order valence-electron chi connectivity index (χ4n) is 2.90. The lowest BCUT2D eigenvalue weighted by Gasteiger charge is -2.19. The minimum Gasteiger partial charge on any atom is -0.324 e. The Labute approximate surface area is 118 Å². The van der Waals surface area contributed by atoms with Gasteiger partial charge in [-0.3, -0.25) is 0 Å². The van der Waals surface area contributed by atoms with Crippen LogP contribution in [0.15, 0.2) is 36.4 Å². The second-order valence-electron chi connectivity index (χ2n) is 5.36. The lowest BCUT2D eigenvalue weighted by molar-refractivity contribution is 0.449. The van der Waals surface area contributed by atoms with Crippen molar-refractivity contribution in [3.63, 3.8) is 0 Å². The highest BCUT2D eigenvalue weighted by Gasteiger charge is 2.29. The summed E-state index contributed by atoms with van der Waals surface area (Å²) in [6, 6.07) is 13.9. The minimum atomic E-state index is 0.172. The number of aryl methyl sites for hydroxylation is 1. The normalized spacial score (nSPS) is 23.3. The van der Waals surface area contributed by atoms with Crippen molar-refractivity contribution < 1.29 is 0 Å². The van der Waals surface area contributed by atoms with Gasteiger partial charge in [-0.25, -0.2) is 0 Å². The van der Waals surface area contributed by atoms with Crippen molar-refractivity contribution in [2.45, 2.75) is 38.4 Å². The smallest absolute Gasteiger partial charge is 0.0391 e. The Morgan fingerprint density at radius 1 is 1.21 bits per heavy atom. The van der Waals surface area contributed by atoms with E-state index >= 15 is 0 Å². The zero-order chi connectivity index (χ0) is 13.4. The van der Waals surface area contributed by atoms with Crippen molar-refractivity contribution >= 4 is 11.3 Å². The summed E-state index contributed by atoms with van der Waals surface area (Å²) in [6.07, 6.45) is 0.994. The van der Waals surface area contributed by atoms with Gasteiger partial charge < -0.3 is 11.1 Å². The summed E-state index contributed by atoms with van der Waals surface area (Å²) >= 11 is 1.87. The van der Waals surface area contributed by atoms with Crippen LogP contribution in [-0.2, 0) is 0 Å². The van der Waals surface area contributed by atoms with Gasteiger partial charge in [0.2, 0.25) is 0 Å². The number of nitrogens with one attached hydrogen (secondary N) is 1. The van der Waals surface area contributed by atoms with Crippen LogP contribution in [0.1, 0.15) is 52.4 Å². The number of thiophene rings is 1. The van der Waals surface area contributed by atoms with Crippen molar-refractivity contribution in [2.24, 2.45) is 5.73 Å². The van der Waals surface area contributed by atoms with E-state index in [1.165, 1.54) is 20.9 Å². The molecule has 0 aliphatic heterocycles. The quantitative estimate of drug-likeness (QED) is 0.890. The van der Waals surface area contributed by atoms with Crippen molar-refractivity contribution in [2.75, 3.05) is 0 Å². The van der Waals surface area contributed by atoms with Gasteiger partial charge in [0.15, 0.2) is 0 Å². The molecule has 1 aromatic heterocycles. The maximum atomic E-state index is 6.22. The van der Waals surface area contributed by atoms with Crippen molar-refractivity contribution in [3.05, 3.63) is 57.3 Å². The van der Waals surface area contributed by atoms with Crippen LogP contribution in [0, 0.1) is 6.92 Å². The molecule has 3 N–H and O–H groups in total. The van der Waals surface area contributed by atoms with E-state index in [9.17, 15) is 0 Å². The molecule has 0 fully saturated rings. The van der Waals surface area contributed by atoms with E-state index in [1.807, 2.05) is 11.3 Å².